The van der Waals surface area contributed by atoms with Crippen LogP contribution in [0.15, 0.2) is 35.5 Å². The number of hydrogen-bond acceptors (Lipinski definition) is 2. The topological polar surface area (TPSA) is 21.6 Å². The third-order valence-corrected chi connectivity index (χ3v) is 2.86. The molecule has 80 valence electrons. The fraction of sp³-hybridized carbons (Fsp3) is 0.417. The second-order valence-corrected chi connectivity index (χ2v) is 4.04. The second-order valence-electron chi connectivity index (χ2n) is 3.73. The quantitative estimate of drug-likeness (QED) is 0.720. The Morgan fingerprint density at radius 3 is 2.73 bits per heavy atom. The number of hydrogen-bond donors (Lipinski definition) is 0. The Balaban J connectivity index is 1.80. The summed E-state index contributed by atoms with van der Waals surface area (Å²) in [5.41, 5.74) is 2.47. The second kappa shape index (κ2) is 5.17. The summed E-state index contributed by atoms with van der Waals surface area (Å²) in [4.78, 5) is 5.16. The highest BCUT2D eigenvalue weighted by Crippen LogP contribution is 2.15. The number of alkyl halides is 1. The van der Waals surface area contributed by atoms with Crippen molar-refractivity contribution in [2.75, 3.05) is 5.88 Å². The number of benzene rings is 1. The van der Waals surface area contributed by atoms with E-state index in [1.54, 1.807) is 0 Å². The molecule has 0 fully saturated rings. The number of halogens is 1. The van der Waals surface area contributed by atoms with Crippen LogP contribution in [0.3, 0.4) is 0 Å². The van der Waals surface area contributed by atoms with Gasteiger partial charge in [0.15, 0.2) is 0 Å². The lowest BCUT2D eigenvalue weighted by atomic mass is 10.0. The third-order valence-electron chi connectivity index (χ3n) is 2.51. The average Bonchev–Trinajstić information content (AvgIpc) is 2.76. The molecule has 0 aliphatic carbocycles. The van der Waals surface area contributed by atoms with Gasteiger partial charge in [-0.15, -0.1) is 11.6 Å². The molecule has 0 saturated heterocycles. The number of oxime groups is 1. The lowest BCUT2D eigenvalue weighted by Crippen LogP contribution is -2.09. The fourth-order valence-electron chi connectivity index (χ4n) is 1.65. The monoisotopic (exact) mass is 223 g/mol. The number of nitrogens with zero attached hydrogens (tertiary/aromatic N) is 1. The van der Waals surface area contributed by atoms with Crippen LogP contribution in [0.4, 0.5) is 0 Å². The summed E-state index contributed by atoms with van der Waals surface area (Å²) in [5.74, 6) is 0.526. The van der Waals surface area contributed by atoms with Crippen LogP contribution in [0.25, 0.3) is 0 Å². The summed E-state index contributed by atoms with van der Waals surface area (Å²) in [6.45, 7) is 0. The van der Waals surface area contributed by atoms with Gasteiger partial charge >= 0.3 is 0 Å². The molecule has 0 amide bonds. The molecule has 0 unspecified atom stereocenters. The zero-order valence-corrected chi connectivity index (χ0v) is 9.28. The maximum Gasteiger partial charge on any atom is 0.146 e. The van der Waals surface area contributed by atoms with Crippen LogP contribution in [-0.4, -0.2) is 17.7 Å². The molecular formula is C12H14ClNO. The van der Waals surface area contributed by atoms with Crippen LogP contribution in [-0.2, 0) is 11.3 Å². The van der Waals surface area contributed by atoms with Crippen molar-refractivity contribution in [1.29, 1.82) is 0 Å². The maximum absolute atomic E-state index is 5.69. The summed E-state index contributed by atoms with van der Waals surface area (Å²) in [6.07, 6.45) is 2.98. The predicted molar refractivity (Wildman–Crippen MR) is 62.4 cm³/mol. The predicted octanol–water partition coefficient (Wildman–Crippen LogP) is 3.00. The zero-order valence-electron chi connectivity index (χ0n) is 8.53. The molecule has 1 aliphatic heterocycles. The van der Waals surface area contributed by atoms with E-state index in [9.17, 15) is 0 Å². The molecule has 0 N–H and O–H groups in total. The fourth-order valence-corrected chi connectivity index (χ4v) is 1.82. The standard InChI is InChI=1S/C12H14ClNO/c13-9-12-8-11(14-15-12)7-6-10-4-2-1-3-5-10/h1-5,12H,6-9H2/t12-/m1/s1. The lowest BCUT2D eigenvalue weighted by molar-refractivity contribution is 0.102. The van der Waals surface area contributed by atoms with Gasteiger partial charge in [-0.05, 0) is 18.4 Å². The summed E-state index contributed by atoms with van der Waals surface area (Å²) < 4.78 is 0. The van der Waals surface area contributed by atoms with Gasteiger partial charge in [0.1, 0.15) is 6.10 Å². The van der Waals surface area contributed by atoms with E-state index in [-0.39, 0.29) is 6.10 Å². The average molecular weight is 224 g/mol. The molecular weight excluding hydrogens is 210 g/mol. The number of aryl methyl sites for hydroxylation is 1. The molecule has 2 rings (SSSR count). The molecule has 1 aromatic carbocycles. The molecule has 15 heavy (non-hydrogen) atoms. The van der Waals surface area contributed by atoms with Gasteiger partial charge in [-0.25, -0.2) is 0 Å². The van der Waals surface area contributed by atoms with Crippen molar-refractivity contribution in [3.8, 4) is 0 Å². The van der Waals surface area contributed by atoms with E-state index in [0.717, 1.165) is 25.0 Å². The summed E-state index contributed by atoms with van der Waals surface area (Å²) in [6, 6.07) is 10.4. The molecule has 1 aliphatic rings. The van der Waals surface area contributed by atoms with Gasteiger partial charge in [-0.1, -0.05) is 35.5 Å². The van der Waals surface area contributed by atoms with Gasteiger partial charge in [0.25, 0.3) is 0 Å². The first-order valence-corrected chi connectivity index (χ1v) is 5.73. The van der Waals surface area contributed by atoms with Gasteiger partial charge < -0.3 is 4.84 Å². The molecule has 1 heterocycles. The van der Waals surface area contributed by atoms with E-state index in [0.29, 0.717) is 5.88 Å². The largest absolute Gasteiger partial charge is 0.391 e. The minimum absolute atomic E-state index is 0.0949. The smallest absolute Gasteiger partial charge is 0.146 e. The Morgan fingerprint density at radius 1 is 1.27 bits per heavy atom. The van der Waals surface area contributed by atoms with Gasteiger partial charge in [-0.3, -0.25) is 0 Å². The van der Waals surface area contributed by atoms with Crippen molar-refractivity contribution in [2.24, 2.45) is 5.16 Å². The van der Waals surface area contributed by atoms with Gasteiger partial charge in [0.2, 0.25) is 0 Å². The van der Waals surface area contributed by atoms with E-state index in [1.807, 2.05) is 6.07 Å². The van der Waals surface area contributed by atoms with E-state index in [4.69, 9.17) is 16.4 Å². The molecule has 0 aromatic heterocycles. The van der Waals surface area contributed by atoms with Crippen molar-refractivity contribution in [3.05, 3.63) is 35.9 Å². The number of rotatable bonds is 4. The first-order chi connectivity index (χ1) is 7.38. The minimum Gasteiger partial charge on any atom is -0.391 e. The molecule has 3 heteroatoms. The van der Waals surface area contributed by atoms with Crippen LogP contribution < -0.4 is 0 Å². The Bertz CT molecular complexity index is 337. The molecule has 2 nitrogen and oxygen atoms in total. The summed E-state index contributed by atoms with van der Waals surface area (Å²) >= 11 is 5.69. The molecule has 1 atom stereocenters. The van der Waals surface area contributed by atoms with Crippen molar-refractivity contribution >= 4 is 17.3 Å². The van der Waals surface area contributed by atoms with Gasteiger partial charge in [-0.2, -0.15) is 0 Å². The zero-order chi connectivity index (χ0) is 10.5. The Labute approximate surface area is 94.9 Å². The van der Waals surface area contributed by atoms with E-state index in [2.05, 4.69) is 29.4 Å². The highest BCUT2D eigenvalue weighted by molar-refractivity contribution is 6.18. The van der Waals surface area contributed by atoms with Crippen molar-refractivity contribution in [2.45, 2.75) is 25.4 Å². The van der Waals surface area contributed by atoms with Crippen LogP contribution in [0.2, 0.25) is 0 Å². The van der Waals surface area contributed by atoms with Crippen molar-refractivity contribution in [1.82, 2.24) is 0 Å². The third kappa shape index (κ3) is 2.96. The Kier molecular flexibility index (Phi) is 3.62. The highest BCUT2D eigenvalue weighted by Gasteiger charge is 2.19. The first-order valence-electron chi connectivity index (χ1n) is 5.20. The van der Waals surface area contributed by atoms with Crippen LogP contribution in [0.1, 0.15) is 18.4 Å². The van der Waals surface area contributed by atoms with Gasteiger partial charge in [0, 0.05) is 6.42 Å². The van der Waals surface area contributed by atoms with E-state index in [1.165, 1.54) is 5.56 Å². The van der Waals surface area contributed by atoms with Crippen LogP contribution >= 0.6 is 11.6 Å². The Hall–Kier alpha value is -1.02. The SMILES string of the molecule is ClC[C@H]1CC(CCc2ccccc2)=NO1. The summed E-state index contributed by atoms with van der Waals surface area (Å²) in [7, 11) is 0. The lowest BCUT2D eigenvalue weighted by Gasteiger charge is -2.01. The van der Waals surface area contributed by atoms with Crippen LogP contribution in [0.5, 0.6) is 0 Å². The molecule has 0 spiro atoms. The van der Waals surface area contributed by atoms with Crippen molar-refractivity contribution < 1.29 is 4.84 Å². The molecule has 0 saturated carbocycles. The molecule has 1 aromatic rings. The Morgan fingerprint density at radius 2 is 2.07 bits per heavy atom. The first kappa shape index (κ1) is 10.5. The highest BCUT2D eigenvalue weighted by atomic mass is 35.5. The van der Waals surface area contributed by atoms with E-state index >= 15 is 0 Å². The minimum atomic E-state index is 0.0949. The maximum atomic E-state index is 5.69. The van der Waals surface area contributed by atoms with E-state index < -0.39 is 0 Å². The van der Waals surface area contributed by atoms with Crippen molar-refractivity contribution in [3.63, 3.8) is 0 Å². The normalized spacial score (nSPS) is 19.8. The molecule has 0 radical (unpaired) electrons. The van der Waals surface area contributed by atoms with Gasteiger partial charge in [0.05, 0.1) is 11.6 Å². The summed E-state index contributed by atoms with van der Waals surface area (Å²) in [5, 5.41) is 4.04. The van der Waals surface area contributed by atoms with Crippen LogP contribution in [0, 0.1) is 0 Å². The molecule has 0 bridgehead atoms.